The van der Waals surface area contributed by atoms with Crippen LogP contribution in [-0.4, -0.2) is 43.6 Å². The number of anilines is 1. The van der Waals surface area contributed by atoms with Gasteiger partial charge in [0.1, 0.15) is 41.0 Å². The Labute approximate surface area is 213 Å². The predicted molar refractivity (Wildman–Crippen MR) is 138 cm³/mol. The molecular weight excluding hydrogens is 466 g/mol. The van der Waals surface area contributed by atoms with Crippen molar-refractivity contribution in [2.75, 3.05) is 18.8 Å². The molecule has 0 spiro atoms. The van der Waals surface area contributed by atoms with Gasteiger partial charge in [-0.25, -0.2) is 14.6 Å². The van der Waals surface area contributed by atoms with E-state index in [4.69, 9.17) is 15.6 Å². The van der Waals surface area contributed by atoms with Gasteiger partial charge < -0.3 is 15.4 Å². The van der Waals surface area contributed by atoms with Crippen molar-refractivity contribution in [3.8, 4) is 28.8 Å². The van der Waals surface area contributed by atoms with Crippen LogP contribution in [0.2, 0.25) is 0 Å². The number of nitriles is 1. The zero-order valence-electron chi connectivity index (χ0n) is 20.1. The summed E-state index contributed by atoms with van der Waals surface area (Å²) < 4.78 is 7.77. The minimum atomic E-state index is -0.211. The Hall–Kier alpha value is -4.71. The number of fused-ring (bicyclic) bond motifs is 1. The molecule has 1 amide bonds. The van der Waals surface area contributed by atoms with Gasteiger partial charge in [-0.1, -0.05) is 24.3 Å². The number of carbonyl (C=O) groups excluding carboxylic acids is 1. The van der Waals surface area contributed by atoms with E-state index in [2.05, 4.69) is 16.0 Å². The summed E-state index contributed by atoms with van der Waals surface area (Å²) in [5, 5.41) is 15.1. The van der Waals surface area contributed by atoms with Crippen molar-refractivity contribution >= 4 is 22.8 Å². The lowest BCUT2D eigenvalue weighted by Gasteiger charge is -2.16. The number of hydrogen-bond donors (Lipinski definition) is 1. The molecule has 2 aliphatic rings. The molecule has 6 rings (SSSR count). The molecule has 1 aliphatic heterocycles. The highest BCUT2D eigenvalue weighted by atomic mass is 16.5. The summed E-state index contributed by atoms with van der Waals surface area (Å²) in [6.45, 7) is 1.00. The number of hydrogen-bond acceptors (Lipinski definition) is 7. The van der Waals surface area contributed by atoms with Gasteiger partial charge in [-0.15, -0.1) is 0 Å². The number of nitrogens with two attached hydrogens (primary N) is 1. The standard InChI is InChI=1S/C28H25N7O2/c29-15-20(14-18-6-7-18)28(36)34-13-12-21(16-34)35-27-24(26(30)31-17-32-27)25(33-35)19-8-10-23(11-9-19)37-22-4-2-1-3-5-22/h1-5,8-11,14,17-18,21H,6-7,12-13,16H2,(H2,30,31,32)/t21-/m0/s1. The lowest BCUT2D eigenvalue weighted by atomic mass is 10.1. The van der Waals surface area contributed by atoms with Crippen LogP contribution in [0.4, 0.5) is 5.82 Å². The first-order chi connectivity index (χ1) is 18.1. The molecule has 0 unspecified atom stereocenters. The molecule has 2 fully saturated rings. The van der Waals surface area contributed by atoms with E-state index in [1.54, 1.807) is 4.90 Å². The number of rotatable bonds is 6. The van der Waals surface area contributed by atoms with Gasteiger partial charge in [-0.05, 0) is 61.6 Å². The molecule has 9 nitrogen and oxygen atoms in total. The quantitative estimate of drug-likeness (QED) is 0.311. The number of nitrogen functional groups attached to an aromatic ring is 1. The fraction of sp³-hybridized carbons (Fsp3) is 0.250. The highest BCUT2D eigenvalue weighted by molar-refractivity contribution is 5.99. The molecule has 1 atom stereocenters. The van der Waals surface area contributed by atoms with Crippen molar-refractivity contribution in [3.05, 3.63) is 72.6 Å². The molecule has 3 heterocycles. The number of ether oxygens (including phenoxy) is 1. The predicted octanol–water partition coefficient (Wildman–Crippen LogP) is 4.50. The van der Waals surface area contributed by atoms with Crippen LogP contribution >= 0.6 is 0 Å². The molecule has 1 saturated heterocycles. The number of nitrogens with zero attached hydrogens (tertiary/aromatic N) is 6. The lowest BCUT2D eigenvalue weighted by molar-refractivity contribution is -0.125. The summed E-state index contributed by atoms with van der Waals surface area (Å²) in [7, 11) is 0. The van der Waals surface area contributed by atoms with Crippen LogP contribution < -0.4 is 10.5 Å². The van der Waals surface area contributed by atoms with E-state index in [-0.39, 0.29) is 17.5 Å². The number of allylic oxidation sites excluding steroid dienone is 1. The van der Waals surface area contributed by atoms with Crippen LogP contribution in [0.1, 0.15) is 25.3 Å². The molecular formula is C28H25N7O2. The third-order valence-corrected chi connectivity index (χ3v) is 6.80. The fourth-order valence-electron chi connectivity index (χ4n) is 4.71. The van der Waals surface area contributed by atoms with Crippen LogP contribution in [0, 0.1) is 17.2 Å². The van der Waals surface area contributed by atoms with Gasteiger partial charge in [0.15, 0.2) is 5.65 Å². The van der Waals surface area contributed by atoms with E-state index < -0.39 is 0 Å². The van der Waals surface area contributed by atoms with Crippen molar-refractivity contribution in [1.82, 2.24) is 24.6 Å². The molecule has 9 heteroatoms. The maximum atomic E-state index is 13.0. The third kappa shape index (κ3) is 4.49. The van der Waals surface area contributed by atoms with E-state index in [0.717, 1.165) is 24.2 Å². The van der Waals surface area contributed by atoms with Gasteiger partial charge in [0.25, 0.3) is 5.91 Å². The van der Waals surface area contributed by atoms with Crippen molar-refractivity contribution in [3.63, 3.8) is 0 Å². The zero-order valence-corrected chi connectivity index (χ0v) is 20.1. The number of amides is 1. The number of aromatic nitrogens is 4. The van der Waals surface area contributed by atoms with Gasteiger partial charge in [0.05, 0.1) is 11.4 Å². The molecule has 2 N–H and O–H groups in total. The van der Waals surface area contributed by atoms with Gasteiger partial charge in [0.2, 0.25) is 0 Å². The molecule has 4 aromatic rings. The number of carbonyl (C=O) groups is 1. The monoisotopic (exact) mass is 491 g/mol. The van der Waals surface area contributed by atoms with Crippen LogP contribution in [0.15, 0.2) is 72.6 Å². The third-order valence-electron chi connectivity index (χ3n) is 6.80. The SMILES string of the molecule is N#CC(=CC1CC1)C(=O)N1CC[C@H](n2nc(-c3ccc(Oc4ccccc4)cc3)c3c(N)ncnc32)C1. The van der Waals surface area contributed by atoms with Gasteiger partial charge in [-0.3, -0.25) is 4.79 Å². The van der Waals surface area contributed by atoms with Crippen molar-refractivity contribution in [1.29, 1.82) is 5.26 Å². The van der Waals surface area contributed by atoms with Crippen molar-refractivity contribution in [2.24, 2.45) is 5.92 Å². The maximum Gasteiger partial charge on any atom is 0.264 e. The summed E-state index contributed by atoms with van der Waals surface area (Å²) in [5.74, 6) is 1.96. The second kappa shape index (κ2) is 9.39. The first-order valence-electron chi connectivity index (χ1n) is 12.3. The Morgan fingerprint density at radius 1 is 1.05 bits per heavy atom. The molecule has 184 valence electrons. The molecule has 2 aromatic carbocycles. The Morgan fingerprint density at radius 3 is 2.54 bits per heavy atom. The van der Waals surface area contributed by atoms with E-state index >= 15 is 0 Å². The summed E-state index contributed by atoms with van der Waals surface area (Å²) in [6.07, 6.45) is 6.04. The highest BCUT2D eigenvalue weighted by Crippen LogP contribution is 2.36. The lowest BCUT2D eigenvalue weighted by Crippen LogP contribution is -2.30. The van der Waals surface area contributed by atoms with Crippen molar-refractivity contribution < 1.29 is 9.53 Å². The Morgan fingerprint density at radius 2 is 1.81 bits per heavy atom. The first kappa shape index (κ1) is 22.7. The fourth-order valence-corrected chi connectivity index (χ4v) is 4.71. The number of para-hydroxylation sites is 1. The maximum absolute atomic E-state index is 13.0. The topological polar surface area (TPSA) is 123 Å². The van der Waals surface area contributed by atoms with Gasteiger partial charge >= 0.3 is 0 Å². The molecule has 1 aliphatic carbocycles. The molecule has 1 saturated carbocycles. The first-order valence-corrected chi connectivity index (χ1v) is 12.3. The van der Waals surface area contributed by atoms with E-state index in [1.165, 1.54) is 6.33 Å². The zero-order chi connectivity index (χ0) is 25.4. The van der Waals surface area contributed by atoms with Crippen LogP contribution in [0.25, 0.3) is 22.3 Å². The second-order valence-electron chi connectivity index (χ2n) is 9.41. The minimum Gasteiger partial charge on any atom is -0.457 e. The summed E-state index contributed by atoms with van der Waals surface area (Å²) in [6, 6.07) is 19.2. The van der Waals surface area contributed by atoms with E-state index in [1.807, 2.05) is 65.4 Å². The normalized spacial score (nSPS) is 17.6. The van der Waals surface area contributed by atoms with Crippen LogP contribution in [0.5, 0.6) is 11.5 Å². The van der Waals surface area contributed by atoms with Gasteiger partial charge in [0, 0.05) is 18.7 Å². The number of benzene rings is 2. The van der Waals surface area contributed by atoms with E-state index in [0.29, 0.717) is 53.7 Å². The smallest absolute Gasteiger partial charge is 0.264 e. The Balaban J connectivity index is 1.28. The van der Waals surface area contributed by atoms with Crippen molar-refractivity contribution in [2.45, 2.75) is 25.3 Å². The largest absolute Gasteiger partial charge is 0.457 e. The summed E-state index contributed by atoms with van der Waals surface area (Å²) in [5.41, 5.74) is 8.68. The molecule has 37 heavy (non-hydrogen) atoms. The Kier molecular flexibility index (Phi) is 5.77. The average molecular weight is 492 g/mol. The highest BCUT2D eigenvalue weighted by Gasteiger charge is 2.33. The molecule has 0 radical (unpaired) electrons. The summed E-state index contributed by atoms with van der Waals surface area (Å²) in [4.78, 5) is 23.4. The van der Waals surface area contributed by atoms with Crippen LogP contribution in [0.3, 0.4) is 0 Å². The molecule has 2 aromatic heterocycles. The van der Waals surface area contributed by atoms with Crippen LogP contribution in [-0.2, 0) is 4.79 Å². The van der Waals surface area contributed by atoms with Gasteiger partial charge in [-0.2, -0.15) is 10.4 Å². The molecule has 0 bridgehead atoms. The van der Waals surface area contributed by atoms with E-state index in [9.17, 15) is 10.1 Å². The minimum absolute atomic E-state index is 0.0870. The second-order valence-corrected chi connectivity index (χ2v) is 9.41. The average Bonchev–Trinajstić information content (AvgIpc) is 3.46. The summed E-state index contributed by atoms with van der Waals surface area (Å²) >= 11 is 0. The number of likely N-dealkylation sites (tertiary alicyclic amines) is 1. The Bertz CT molecular complexity index is 1530.